The standard InChI is InChI=1S/C11H12/c1-9-7-11(8-9)10-5-3-2-4-6-10/h2-6,11H,1,7-8H2. The normalized spacial score (nSPS) is 18.0. The third-order valence-corrected chi connectivity index (χ3v) is 2.34. The molecule has 1 aliphatic rings. The van der Waals surface area contributed by atoms with Crippen LogP contribution < -0.4 is 0 Å². The third kappa shape index (κ3) is 1.21. The van der Waals surface area contributed by atoms with Crippen LogP contribution in [0.5, 0.6) is 0 Å². The van der Waals surface area contributed by atoms with Crippen molar-refractivity contribution in [2.45, 2.75) is 18.8 Å². The molecule has 0 spiro atoms. The molecule has 1 aromatic rings. The van der Waals surface area contributed by atoms with Crippen molar-refractivity contribution in [1.29, 1.82) is 0 Å². The average molecular weight is 144 g/mol. The van der Waals surface area contributed by atoms with E-state index in [0.717, 1.165) is 5.92 Å². The SMILES string of the molecule is C=C1CC(c2ccccc2)C1. The van der Waals surface area contributed by atoms with E-state index in [0.29, 0.717) is 0 Å². The van der Waals surface area contributed by atoms with Crippen molar-refractivity contribution in [3.8, 4) is 0 Å². The molecule has 0 heterocycles. The largest absolute Gasteiger partial charge is 0.0998 e. The average Bonchev–Trinajstić information content (AvgIpc) is 2.01. The Kier molecular flexibility index (Phi) is 1.54. The maximum absolute atomic E-state index is 3.94. The second-order valence-electron chi connectivity index (χ2n) is 3.27. The van der Waals surface area contributed by atoms with Crippen LogP contribution in [0.3, 0.4) is 0 Å². The van der Waals surface area contributed by atoms with Crippen LogP contribution in [-0.2, 0) is 0 Å². The zero-order valence-electron chi connectivity index (χ0n) is 6.59. The molecule has 0 radical (unpaired) electrons. The van der Waals surface area contributed by atoms with E-state index in [-0.39, 0.29) is 0 Å². The van der Waals surface area contributed by atoms with Crippen molar-refractivity contribution in [2.24, 2.45) is 0 Å². The number of allylic oxidation sites excluding steroid dienone is 1. The van der Waals surface area contributed by atoms with E-state index in [1.54, 1.807) is 0 Å². The van der Waals surface area contributed by atoms with Gasteiger partial charge in [-0.25, -0.2) is 0 Å². The Morgan fingerprint density at radius 3 is 2.27 bits per heavy atom. The number of rotatable bonds is 1. The first-order chi connectivity index (χ1) is 5.36. The first-order valence-electron chi connectivity index (χ1n) is 4.08. The summed E-state index contributed by atoms with van der Waals surface area (Å²) in [4.78, 5) is 0. The van der Waals surface area contributed by atoms with Crippen LogP contribution in [0, 0.1) is 0 Å². The molecule has 2 rings (SSSR count). The topological polar surface area (TPSA) is 0 Å². The molecule has 11 heavy (non-hydrogen) atoms. The summed E-state index contributed by atoms with van der Waals surface area (Å²) in [6.07, 6.45) is 2.40. The zero-order valence-corrected chi connectivity index (χ0v) is 6.59. The van der Waals surface area contributed by atoms with Gasteiger partial charge in [0.25, 0.3) is 0 Å². The van der Waals surface area contributed by atoms with Crippen molar-refractivity contribution in [3.63, 3.8) is 0 Å². The summed E-state index contributed by atoms with van der Waals surface area (Å²) in [5.74, 6) is 0.767. The lowest BCUT2D eigenvalue weighted by Gasteiger charge is -2.28. The van der Waals surface area contributed by atoms with Gasteiger partial charge >= 0.3 is 0 Å². The first kappa shape index (κ1) is 6.66. The summed E-state index contributed by atoms with van der Waals surface area (Å²) in [6.45, 7) is 3.94. The van der Waals surface area contributed by atoms with Crippen LogP contribution in [0.15, 0.2) is 42.5 Å². The highest BCUT2D eigenvalue weighted by Crippen LogP contribution is 2.39. The predicted octanol–water partition coefficient (Wildman–Crippen LogP) is 3.12. The molecule has 56 valence electrons. The van der Waals surface area contributed by atoms with Gasteiger partial charge < -0.3 is 0 Å². The number of hydrogen-bond acceptors (Lipinski definition) is 0. The van der Waals surface area contributed by atoms with Gasteiger partial charge in [-0.2, -0.15) is 0 Å². The molecule has 0 unspecified atom stereocenters. The summed E-state index contributed by atoms with van der Waals surface area (Å²) in [6, 6.07) is 10.7. The van der Waals surface area contributed by atoms with Crippen molar-refractivity contribution in [2.75, 3.05) is 0 Å². The molecule has 0 aliphatic heterocycles. The van der Waals surface area contributed by atoms with Crippen molar-refractivity contribution in [3.05, 3.63) is 48.0 Å². The third-order valence-electron chi connectivity index (χ3n) is 2.34. The summed E-state index contributed by atoms with van der Waals surface area (Å²) >= 11 is 0. The molecule has 1 aliphatic carbocycles. The lowest BCUT2D eigenvalue weighted by atomic mass is 9.77. The Morgan fingerprint density at radius 2 is 1.73 bits per heavy atom. The van der Waals surface area contributed by atoms with Gasteiger partial charge in [0, 0.05) is 0 Å². The van der Waals surface area contributed by atoms with E-state index >= 15 is 0 Å². The minimum Gasteiger partial charge on any atom is -0.0998 e. The highest BCUT2D eigenvalue weighted by molar-refractivity contribution is 5.28. The Bertz CT molecular complexity index is 251. The highest BCUT2D eigenvalue weighted by Gasteiger charge is 2.22. The van der Waals surface area contributed by atoms with E-state index in [1.165, 1.54) is 24.0 Å². The Hall–Kier alpha value is -1.04. The van der Waals surface area contributed by atoms with Gasteiger partial charge in [-0.05, 0) is 24.3 Å². The minimum absolute atomic E-state index is 0.767. The van der Waals surface area contributed by atoms with E-state index in [1.807, 2.05) is 0 Å². The molecule has 0 atom stereocenters. The van der Waals surface area contributed by atoms with Crippen LogP contribution in [0.4, 0.5) is 0 Å². The summed E-state index contributed by atoms with van der Waals surface area (Å²) in [7, 11) is 0. The molecule has 1 saturated carbocycles. The van der Waals surface area contributed by atoms with Crippen molar-refractivity contribution < 1.29 is 0 Å². The summed E-state index contributed by atoms with van der Waals surface area (Å²) in [5.41, 5.74) is 2.87. The zero-order chi connectivity index (χ0) is 7.68. The number of hydrogen-bond donors (Lipinski definition) is 0. The minimum atomic E-state index is 0.767. The molecule has 0 amide bonds. The molecule has 0 bridgehead atoms. The van der Waals surface area contributed by atoms with E-state index in [4.69, 9.17) is 0 Å². The maximum Gasteiger partial charge on any atom is -0.00877 e. The molecule has 1 fully saturated rings. The van der Waals surface area contributed by atoms with Gasteiger partial charge in [-0.3, -0.25) is 0 Å². The van der Waals surface area contributed by atoms with Crippen LogP contribution in [0.25, 0.3) is 0 Å². The summed E-state index contributed by atoms with van der Waals surface area (Å²) < 4.78 is 0. The number of benzene rings is 1. The van der Waals surface area contributed by atoms with Gasteiger partial charge in [0.1, 0.15) is 0 Å². The fraction of sp³-hybridized carbons (Fsp3) is 0.273. The Balaban J connectivity index is 2.13. The van der Waals surface area contributed by atoms with Gasteiger partial charge in [-0.15, -0.1) is 0 Å². The molecule has 0 saturated heterocycles. The fourth-order valence-corrected chi connectivity index (χ4v) is 1.60. The van der Waals surface area contributed by atoms with E-state index in [9.17, 15) is 0 Å². The monoisotopic (exact) mass is 144 g/mol. The van der Waals surface area contributed by atoms with E-state index in [2.05, 4.69) is 36.9 Å². The van der Waals surface area contributed by atoms with Crippen LogP contribution >= 0.6 is 0 Å². The van der Waals surface area contributed by atoms with Gasteiger partial charge in [0.2, 0.25) is 0 Å². The van der Waals surface area contributed by atoms with Gasteiger partial charge in [0.15, 0.2) is 0 Å². The molecular weight excluding hydrogens is 132 g/mol. The van der Waals surface area contributed by atoms with Gasteiger partial charge in [-0.1, -0.05) is 42.5 Å². The Labute approximate surface area is 67.6 Å². The van der Waals surface area contributed by atoms with Crippen molar-refractivity contribution >= 4 is 0 Å². The van der Waals surface area contributed by atoms with Crippen LogP contribution in [0.1, 0.15) is 24.3 Å². The van der Waals surface area contributed by atoms with Gasteiger partial charge in [0.05, 0.1) is 0 Å². The molecule has 0 aromatic heterocycles. The van der Waals surface area contributed by atoms with Crippen LogP contribution in [0.2, 0.25) is 0 Å². The second-order valence-corrected chi connectivity index (χ2v) is 3.27. The molecule has 0 nitrogen and oxygen atoms in total. The fourth-order valence-electron chi connectivity index (χ4n) is 1.60. The first-order valence-corrected chi connectivity index (χ1v) is 4.08. The molecule has 1 aromatic carbocycles. The van der Waals surface area contributed by atoms with Crippen LogP contribution in [-0.4, -0.2) is 0 Å². The predicted molar refractivity (Wildman–Crippen MR) is 47.6 cm³/mol. The highest BCUT2D eigenvalue weighted by atomic mass is 14.3. The maximum atomic E-state index is 3.94. The van der Waals surface area contributed by atoms with E-state index < -0.39 is 0 Å². The lowest BCUT2D eigenvalue weighted by Crippen LogP contribution is -2.11. The second kappa shape index (κ2) is 2.54. The molecular formula is C11H12. The summed E-state index contributed by atoms with van der Waals surface area (Å²) in [5, 5.41) is 0. The molecule has 0 heteroatoms. The van der Waals surface area contributed by atoms with Crippen molar-refractivity contribution in [1.82, 2.24) is 0 Å². The smallest absolute Gasteiger partial charge is 0.00877 e. The lowest BCUT2D eigenvalue weighted by molar-refractivity contribution is 0.553. The molecule has 0 N–H and O–H groups in total. The quantitative estimate of drug-likeness (QED) is 0.531. The Morgan fingerprint density at radius 1 is 1.09 bits per heavy atom.